The SMILES string of the molecule is Cc1ncc2c(C(N)=O)c(N)n(-c3c(C)sc(N)c3C=N)c2n1. The Labute approximate surface area is 135 Å². The van der Waals surface area contributed by atoms with Crippen molar-refractivity contribution in [2.45, 2.75) is 13.8 Å². The van der Waals surface area contributed by atoms with E-state index in [-0.39, 0.29) is 11.4 Å². The zero-order chi connectivity index (χ0) is 16.9. The molecule has 0 bridgehead atoms. The summed E-state index contributed by atoms with van der Waals surface area (Å²) in [6.07, 6.45) is 2.69. The van der Waals surface area contributed by atoms with E-state index < -0.39 is 5.91 Å². The maximum absolute atomic E-state index is 11.8. The number of rotatable bonds is 3. The number of fused-ring (bicyclic) bond motifs is 1. The Kier molecular flexibility index (Phi) is 3.29. The van der Waals surface area contributed by atoms with Crippen LogP contribution in [0.5, 0.6) is 0 Å². The highest BCUT2D eigenvalue weighted by molar-refractivity contribution is 7.16. The van der Waals surface area contributed by atoms with Gasteiger partial charge in [-0.15, -0.1) is 11.3 Å². The largest absolute Gasteiger partial charge is 0.390 e. The van der Waals surface area contributed by atoms with Crippen LogP contribution in [0.4, 0.5) is 10.8 Å². The van der Waals surface area contributed by atoms with Crippen LogP contribution in [0.1, 0.15) is 26.6 Å². The van der Waals surface area contributed by atoms with Gasteiger partial charge in [-0.2, -0.15) is 0 Å². The Morgan fingerprint density at radius 3 is 2.70 bits per heavy atom. The van der Waals surface area contributed by atoms with Crippen LogP contribution in [-0.4, -0.2) is 26.7 Å². The Morgan fingerprint density at radius 2 is 2.09 bits per heavy atom. The number of hydrogen-bond donors (Lipinski definition) is 4. The summed E-state index contributed by atoms with van der Waals surface area (Å²) in [5.41, 5.74) is 19.4. The number of nitrogens with one attached hydrogen (secondary N) is 1. The Balaban J connectivity index is 2.52. The molecule has 0 spiro atoms. The van der Waals surface area contributed by atoms with E-state index in [1.54, 1.807) is 11.5 Å². The summed E-state index contributed by atoms with van der Waals surface area (Å²) in [5.74, 6) is 0.0388. The molecule has 0 radical (unpaired) electrons. The van der Waals surface area contributed by atoms with Crippen LogP contribution in [-0.2, 0) is 0 Å². The maximum Gasteiger partial charge on any atom is 0.253 e. The molecule has 0 fully saturated rings. The van der Waals surface area contributed by atoms with E-state index in [0.29, 0.717) is 33.1 Å². The first kappa shape index (κ1) is 15.0. The highest BCUT2D eigenvalue weighted by Crippen LogP contribution is 2.38. The molecule has 0 unspecified atom stereocenters. The number of aromatic nitrogens is 3. The molecule has 0 aliphatic heterocycles. The van der Waals surface area contributed by atoms with Crippen LogP contribution in [0.2, 0.25) is 0 Å². The second kappa shape index (κ2) is 5.06. The molecule has 0 aromatic carbocycles. The summed E-state index contributed by atoms with van der Waals surface area (Å²) in [6.45, 7) is 3.61. The lowest BCUT2D eigenvalue weighted by molar-refractivity contribution is 0.100. The number of amides is 1. The van der Waals surface area contributed by atoms with E-state index in [2.05, 4.69) is 9.97 Å². The fourth-order valence-corrected chi connectivity index (χ4v) is 3.54. The van der Waals surface area contributed by atoms with Crippen molar-refractivity contribution in [3.05, 3.63) is 28.0 Å². The third-order valence-corrected chi connectivity index (χ3v) is 4.54. The van der Waals surface area contributed by atoms with Gasteiger partial charge in [-0.1, -0.05) is 0 Å². The number of carbonyl (C=O) groups is 1. The fourth-order valence-electron chi connectivity index (χ4n) is 2.65. The van der Waals surface area contributed by atoms with Crippen LogP contribution in [0.25, 0.3) is 16.7 Å². The van der Waals surface area contributed by atoms with Gasteiger partial charge in [-0.05, 0) is 13.8 Å². The number of aryl methyl sites for hydroxylation is 2. The topological polar surface area (TPSA) is 150 Å². The minimum atomic E-state index is -0.657. The molecule has 0 aliphatic carbocycles. The van der Waals surface area contributed by atoms with Crippen molar-refractivity contribution in [2.75, 3.05) is 11.5 Å². The van der Waals surface area contributed by atoms with Gasteiger partial charge in [0.2, 0.25) is 0 Å². The molecule has 3 heterocycles. The van der Waals surface area contributed by atoms with Crippen LogP contribution in [0.3, 0.4) is 0 Å². The molecular formula is C14H15N7OS. The van der Waals surface area contributed by atoms with Crippen molar-refractivity contribution in [3.8, 4) is 5.69 Å². The summed E-state index contributed by atoms with van der Waals surface area (Å²) in [6, 6.07) is 0. The first-order valence-electron chi connectivity index (χ1n) is 6.69. The van der Waals surface area contributed by atoms with Gasteiger partial charge in [0.1, 0.15) is 11.6 Å². The molecule has 3 rings (SSSR count). The molecule has 7 N–H and O–H groups in total. The van der Waals surface area contributed by atoms with Crippen molar-refractivity contribution in [3.63, 3.8) is 0 Å². The molecule has 3 aromatic rings. The zero-order valence-corrected chi connectivity index (χ0v) is 13.4. The highest BCUT2D eigenvalue weighted by Gasteiger charge is 2.25. The van der Waals surface area contributed by atoms with Crippen LogP contribution in [0.15, 0.2) is 6.20 Å². The quantitative estimate of drug-likeness (QED) is 0.535. The van der Waals surface area contributed by atoms with Crippen LogP contribution < -0.4 is 17.2 Å². The number of thiophene rings is 1. The number of hydrogen-bond acceptors (Lipinski definition) is 7. The molecule has 118 valence electrons. The third-order valence-electron chi connectivity index (χ3n) is 3.60. The molecule has 0 saturated carbocycles. The second-order valence-corrected chi connectivity index (χ2v) is 6.30. The predicted octanol–water partition coefficient (Wildman–Crippen LogP) is 1.36. The van der Waals surface area contributed by atoms with E-state index in [0.717, 1.165) is 11.1 Å². The monoisotopic (exact) mass is 329 g/mol. The van der Waals surface area contributed by atoms with Crippen molar-refractivity contribution in [1.82, 2.24) is 14.5 Å². The molecular weight excluding hydrogens is 314 g/mol. The molecule has 23 heavy (non-hydrogen) atoms. The summed E-state index contributed by atoms with van der Waals surface area (Å²) in [4.78, 5) is 21.2. The minimum Gasteiger partial charge on any atom is -0.390 e. The molecule has 3 aromatic heterocycles. The Bertz CT molecular complexity index is 970. The average molecular weight is 329 g/mol. The van der Waals surface area contributed by atoms with E-state index in [4.69, 9.17) is 22.6 Å². The van der Waals surface area contributed by atoms with E-state index in [1.165, 1.54) is 17.5 Å². The summed E-state index contributed by atoms with van der Waals surface area (Å²) < 4.78 is 1.62. The number of carbonyl (C=O) groups excluding carboxylic acids is 1. The van der Waals surface area contributed by atoms with E-state index >= 15 is 0 Å². The van der Waals surface area contributed by atoms with Gasteiger partial charge in [-0.3, -0.25) is 9.36 Å². The highest BCUT2D eigenvalue weighted by atomic mass is 32.1. The normalized spacial score (nSPS) is 11.0. The smallest absolute Gasteiger partial charge is 0.253 e. The van der Waals surface area contributed by atoms with Gasteiger partial charge in [0.25, 0.3) is 5.91 Å². The molecule has 0 atom stereocenters. The lowest BCUT2D eigenvalue weighted by Gasteiger charge is -2.09. The van der Waals surface area contributed by atoms with Gasteiger partial charge < -0.3 is 22.6 Å². The third kappa shape index (κ3) is 2.05. The number of nitrogen functional groups attached to an aromatic ring is 2. The average Bonchev–Trinajstić information content (AvgIpc) is 2.90. The van der Waals surface area contributed by atoms with Crippen LogP contribution >= 0.6 is 11.3 Å². The van der Waals surface area contributed by atoms with E-state index in [1.807, 2.05) is 6.92 Å². The number of nitrogens with two attached hydrogens (primary N) is 3. The molecule has 8 nitrogen and oxygen atoms in total. The summed E-state index contributed by atoms with van der Waals surface area (Å²) >= 11 is 1.34. The van der Waals surface area contributed by atoms with Gasteiger partial charge in [0, 0.05) is 17.3 Å². The van der Waals surface area contributed by atoms with Gasteiger partial charge in [-0.25, -0.2) is 9.97 Å². The van der Waals surface area contributed by atoms with Crippen LogP contribution in [0, 0.1) is 19.3 Å². The van der Waals surface area contributed by atoms with E-state index in [9.17, 15) is 4.79 Å². The first-order valence-corrected chi connectivity index (χ1v) is 7.51. The Hall–Kier alpha value is -2.94. The lowest BCUT2D eigenvalue weighted by Crippen LogP contribution is -2.14. The molecule has 0 aliphatic rings. The van der Waals surface area contributed by atoms with Crippen molar-refractivity contribution < 1.29 is 4.79 Å². The molecule has 0 saturated heterocycles. The maximum atomic E-state index is 11.8. The lowest BCUT2D eigenvalue weighted by atomic mass is 10.2. The van der Waals surface area contributed by atoms with Crippen molar-refractivity contribution in [1.29, 1.82) is 5.41 Å². The summed E-state index contributed by atoms with van der Waals surface area (Å²) in [7, 11) is 0. The number of nitrogens with zero attached hydrogens (tertiary/aromatic N) is 3. The molecule has 1 amide bonds. The molecule has 9 heteroatoms. The standard InChI is InChI=1S/C14H15N7OS/c1-5-10(7(3-15)13(18)23-5)21-11(16)9(12(17)22)8-4-19-6(2)20-14(8)21/h3-4,15H,16,18H2,1-2H3,(H2,17,22). The summed E-state index contributed by atoms with van der Waals surface area (Å²) in [5, 5.41) is 8.60. The van der Waals surface area contributed by atoms with Crippen molar-refractivity contribution >= 4 is 45.3 Å². The van der Waals surface area contributed by atoms with Gasteiger partial charge in [0.05, 0.1) is 27.2 Å². The minimum absolute atomic E-state index is 0.163. The Morgan fingerprint density at radius 1 is 1.39 bits per heavy atom. The zero-order valence-electron chi connectivity index (χ0n) is 12.5. The number of primary amides is 1. The first-order chi connectivity index (χ1) is 10.9. The fraction of sp³-hybridized carbons (Fsp3) is 0.143. The second-order valence-electron chi connectivity index (χ2n) is 5.04. The van der Waals surface area contributed by atoms with Gasteiger partial charge in [0.15, 0.2) is 5.65 Å². The predicted molar refractivity (Wildman–Crippen MR) is 91.4 cm³/mol. The number of anilines is 2. The van der Waals surface area contributed by atoms with Gasteiger partial charge >= 0.3 is 0 Å². The van der Waals surface area contributed by atoms with Crippen molar-refractivity contribution in [2.24, 2.45) is 5.73 Å².